The van der Waals surface area contributed by atoms with Gasteiger partial charge in [0.1, 0.15) is 0 Å². The molecule has 0 atom stereocenters. The topological polar surface area (TPSA) is 39.3 Å². The van der Waals surface area contributed by atoms with E-state index < -0.39 is 0 Å². The fourth-order valence-electron chi connectivity index (χ4n) is 2.26. The third-order valence-corrected chi connectivity index (χ3v) is 2.93. The number of rotatable bonds is 3. The summed E-state index contributed by atoms with van der Waals surface area (Å²) in [6, 6.07) is 4.41. The molecule has 2 heterocycles. The Morgan fingerprint density at radius 2 is 1.65 bits per heavy atom. The smallest absolute Gasteiger partial charge is 0.170 e. The molecule has 0 bridgehead atoms. The van der Waals surface area contributed by atoms with E-state index in [0.29, 0.717) is 5.92 Å². The predicted octanol–water partition coefficient (Wildman–Crippen LogP) is 1.17. The summed E-state index contributed by atoms with van der Waals surface area (Å²) in [6.07, 6.45) is 1.08. The van der Waals surface area contributed by atoms with Crippen LogP contribution in [0, 0.1) is 12.8 Å². The zero-order valence-corrected chi connectivity index (χ0v) is 11.3. The van der Waals surface area contributed by atoms with Crippen LogP contribution in [-0.4, -0.2) is 10.2 Å². The van der Waals surface area contributed by atoms with Crippen molar-refractivity contribution in [3.05, 3.63) is 23.5 Å². The van der Waals surface area contributed by atoms with E-state index >= 15 is 0 Å². The molecule has 0 unspecified atom stereocenters. The molecule has 2 aromatic heterocycles. The van der Waals surface area contributed by atoms with Gasteiger partial charge in [0, 0.05) is 12.1 Å². The van der Waals surface area contributed by atoms with E-state index in [1.54, 1.807) is 0 Å². The molecule has 2 N–H and O–H groups in total. The lowest BCUT2D eigenvalue weighted by atomic mass is 10.1. The molecule has 0 aliphatic heterocycles. The second-order valence-electron chi connectivity index (χ2n) is 5.21. The van der Waals surface area contributed by atoms with E-state index in [1.165, 1.54) is 22.8 Å². The maximum atomic E-state index is 3.40. The summed E-state index contributed by atoms with van der Waals surface area (Å²) in [6.45, 7) is 6.55. The van der Waals surface area contributed by atoms with Crippen LogP contribution < -0.4 is 9.36 Å². The minimum Gasteiger partial charge on any atom is -0.170 e. The van der Waals surface area contributed by atoms with Crippen molar-refractivity contribution in [2.45, 2.75) is 27.2 Å². The second kappa shape index (κ2) is 4.35. The Morgan fingerprint density at radius 1 is 1.06 bits per heavy atom. The van der Waals surface area contributed by atoms with E-state index in [4.69, 9.17) is 0 Å². The molecule has 0 aromatic carbocycles. The molecule has 4 nitrogen and oxygen atoms in total. The summed E-state index contributed by atoms with van der Waals surface area (Å²) < 4.78 is 4.14. The van der Waals surface area contributed by atoms with Crippen LogP contribution in [0.3, 0.4) is 0 Å². The highest BCUT2D eigenvalue weighted by molar-refractivity contribution is 5.47. The largest absolute Gasteiger partial charge is 0.304 e. The van der Waals surface area contributed by atoms with Crippen molar-refractivity contribution in [3.8, 4) is 11.4 Å². The van der Waals surface area contributed by atoms with Crippen molar-refractivity contribution in [1.29, 1.82) is 0 Å². The van der Waals surface area contributed by atoms with Gasteiger partial charge in [0.2, 0.25) is 0 Å². The molecular weight excluding hydrogens is 212 g/mol. The maximum Gasteiger partial charge on any atom is 0.304 e. The lowest BCUT2D eigenvalue weighted by Crippen LogP contribution is -2.39. The van der Waals surface area contributed by atoms with Gasteiger partial charge >= 0.3 is 11.4 Å². The first kappa shape index (κ1) is 11.9. The summed E-state index contributed by atoms with van der Waals surface area (Å²) in [5.74, 6) is 0.670. The van der Waals surface area contributed by atoms with E-state index in [-0.39, 0.29) is 0 Å². The SMILES string of the molecule is Cc1cc(-c2cc(CC(C)C)[nH][n+]2C)[n+](C)[nH]1. The van der Waals surface area contributed by atoms with Crippen LogP contribution in [0.5, 0.6) is 0 Å². The second-order valence-corrected chi connectivity index (χ2v) is 5.21. The maximum absolute atomic E-state index is 3.40. The van der Waals surface area contributed by atoms with Gasteiger partial charge < -0.3 is 0 Å². The average Bonchev–Trinajstić information content (AvgIpc) is 2.69. The monoisotopic (exact) mass is 234 g/mol. The average molecular weight is 234 g/mol. The Kier molecular flexibility index (Phi) is 3.05. The van der Waals surface area contributed by atoms with Crippen LogP contribution in [0.15, 0.2) is 12.1 Å². The summed E-state index contributed by atoms with van der Waals surface area (Å²) in [7, 11) is 4.10. The number of nitrogens with zero attached hydrogens (tertiary/aromatic N) is 2. The molecule has 92 valence electrons. The quantitative estimate of drug-likeness (QED) is 0.748. The third-order valence-electron chi connectivity index (χ3n) is 2.93. The van der Waals surface area contributed by atoms with Gasteiger partial charge in [-0.1, -0.05) is 13.8 Å². The number of H-pyrrole nitrogens is 2. The molecule has 2 aromatic rings. The van der Waals surface area contributed by atoms with E-state index in [2.05, 4.69) is 59.5 Å². The number of hydrogen-bond donors (Lipinski definition) is 2. The Morgan fingerprint density at radius 3 is 2.18 bits per heavy atom. The highest BCUT2D eigenvalue weighted by atomic mass is 15.3. The normalized spacial score (nSPS) is 11.4. The molecule has 2 rings (SSSR count). The first-order chi connectivity index (χ1) is 7.97. The summed E-state index contributed by atoms with van der Waals surface area (Å²) in [5, 5.41) is 6.67. The van der Waals surface area contributed by atoms with Crippen LogP contribution >= 0.6 is 0 Å². The number of hydrogen-bond acceptors (Lipinski definition) is 0. The molecular formula is C13H22N4+2. The van der Waals surface area contributed by atoms with Gasteiger partial charge in [-0.15, -0.1) is 9.36 Å². The predicted molar refractivity (Wildman–Crippen MR) is 66.2 cm³/mol. The van der Waals surface area contributed by atoms with E-state index in [0.717, 1.165) is 6.42 Å². The first-order valence-electron chi connectivity index (χ1n) is 6.11. The van der Waals surface area contributed by atoms with Crippen LogP contribution in [0.1, 0.15) is 25.2 Å². The molecule has 0 saturated heterocycles. The Bertz CT molecular complexity index is 520. The number of aromatic amines is 2. The number of aryl methyl sites for hydroxylation is 3. The fourth-order valence-corrected chi connectivity index (χ4v) is 2.26. The van der Waals surface area contributed by atoms with Crippen molar-refractivity contribution in [3.63, 3.8) is 0 Å². The van der Waals surface area contributed by atoms with Crippen LogP contribution in [0.25, 0.3) is 11.4 Å². The van der Waals surface area contributed by atoms with Gasteiger partial charge in [-0.2, -0.15) is 10.2 Å². The molecule has 4 heteroatoms. The Hall–Kier alpha value is -1.58. The number of nitrogens with one attached hydrogen (secondary N) is 2. The molecule has 0 radical (unpaired) electrons. The van der Waals surface area contributed by atoms with Gasteiger partial charge in [-0.25, -0.2) is 0 Å². The van der Waals surface area contributed by atoms with Crippen LogP contribution in [0.2, 0.25) is 0 Å². The van der Waals surface area contributed by atoms with Gasteiger partial charge in [0.15, 0.2) is 14.1 Å². The van der Waals surface area contributed by atoms with Gasteiger partial charge in [0.05, 0.1) is 11.4 Å². The molecule has 0 fully saturated rings. The number of aromatic nitrogens is 4. The zero-order valence-electron chi connectivity index (χ0n) is 11.3. The third kappa shape index (κ3) is 2.40. The highest BCUT2D eigenvalue weighted by Crippen LogP contribution is 2.14. The van der Waals surface area contributed by atoms with Crippen molar-refractivity contribution < 1.29 is 9.36 Å². The molecule has 0 spiro atoms. The molecule has 0 saturated carbocycles. The zero-order chi connectivity index (χ0) is 12.6. The first-order valence-corrected chi connectivity index (χ1v) is 6.11. The Balaban J connectivity index is 2.39. The van der Waals surface area contributed by atoms with Gasteiger partial charge in [-0.05, 0) is 19.3 Å². The molecule has 0 aliphatic carbocycles. The van der Waals surface area contributed by atoms with Gasteiger partial charge in [0.25, 0.3) is 0 Å². The summed E-state index contributed by atoms with van der Waals surface area (Å²) >= 11 is 0. The van der Waals surface area contributed by atoms with Crippen LogP contribution in [0.4, 0.5) is 0 Å². The summed E-state index contributed by atoms with van der Waals surface area (Å²) in [4.78, 5) is 0. The van der Waals surface area contributed by atoms with Crippen molar-refractivity contribution in [2.75, 3.05) is 0 Å². The van der Waals surface area contributed by atoms with E-state index in [1.807, 2.05) is 7.05 Å². The Labute approximate surface area is 102 Å². The minimum absolute atomic E-state index is 0.670. The molecule has 0 amide bonds. The fraction of sp³-hybridized carbons (Fsp3) is 0.538. The lowest BCUT2D eigenvalue weighted by Gasteiger charge is -1.97. The van der Waals surface area contributed by atoms with Gasteiger partial charge in [-0.3, -0.25) is 0 Å². The standard InChI is InChI=1S/C13H20N4/c1-9(2)6-11-8-13(17(5)15-11)12-7-10(3)14-16(12)4/h7-9H,6H2,1-5H3/p+2. The van der Waals surface area contributed by atoms with Crippen molar-refractivity contribution in [1.82, 2.24) is 10.2 Å². The molecule has 0 aliphatic rings. The highest BCUT2D eigenvalue weighted by Gasteiger charge is 2.25. The minimum atomic E-state index is 0.670. The summed E-state index contributed by atoms with van der Waals surface area (Å²) in [5.41, 5.74) is 4.88. The lowest BCUT2D eigenvalue weighted by molar-refractivity contribution is -0.744. The van der Waals surface area contributed by atoms with E-state index in [9.17, 15) is 0 Å². The van der Waals surface area contributed by atoms with Crippen LogP contribution in [-0.2, 0) is 20.5 Å². The van der Waals surface area contributed by atoms with Crippen molar-refractivity contribution in [2.24, 2.45) is 20.0 Å². The van der Waals surface area contributed by atoms with Crippen molar-refractivity contribution >= 4 is 0 Å². The molecule has 17 heavy (non-hydrogen) atoms.